The van der Waals surface area contributed by atoms with Crippen LogP contribution in [-0.2, 0) is 32.7 Å². The van der Waals surface area contributed by atoms with Gasteiger partial charge in [0, 0.05) is 12.8 Å². The minimum Gasteiger partial charge on any atom is -0.462 e. The van der Waals surface area contributed by atoms with Crippen LogP contribution >= 0.6 is 7.82 Å². The van der Waals surface area contributed by atoms with Gasteiger partial charge in [-0.1, -0.05) is 140 Å². The molecule has 0 spiro atoms. The van der Waals surface area contributed by atoms with Crippen molar-refractivity contribution in [3.63, 3.8) is 0 Å². The Morgan fingerprint density at radius 2 is 0.945 bits per heavy atom. The van der Waals surface area contributed by atoms with Crippen molar-refractivity contribution in [1.82, 2.24) is 0 Å². The van der Waals surface area contributed by atoms with Crippen LogP contribution in [0.5, 0.6) is 0 Å². The summed E-state index contributed by atoms with van der Waals surface area (Å²) >= 11 is 0. The molecule has 0 fully saturated rings. The van der Waals surface area contributed by atoms with E-state index in [4.69, 9.17) is 19.1 Å². The molecule has 0 radical (unpaired) electrons. The molecule has 0 rings (SSSR count). The number of carbonyl (C=O) groups is 2. The van der Waals surface area contributed by atoms with Crippen LogP contribution in [0.1, 0.15) is 181 Å². The van der Waals surface area contributed by atoms with E-state index in [0.29, 0.717) is 12.8 Å². The maximum Gasteiger partial charge on any atom is 0.472 e. The highest BCUT2D eigenvalue weighted by molar-refractivity contribution is 7.47. The smallest absolute Gasteiger partial charge is 0.462 e. The third-order valence-corrected chi connectivity index (χ3v) is 9.91. The second-order valence-electron chi connectivity index (χ2n) is 14.4. The van der Waals surface area contributed by atoms with Gasteiger partial charge in [-0.05, 0) is 77.0 Å². The number of allylic oxidation sites excluding steroid dienone is 8. The van der Waals surface area contributed by atoms with Crippen LogP contribution in [0.15, 0.2) is 48.6 Å². The van der Waals surface area contributed by atoms with Crippen LogP contribution in [0.3, 0.4) is 0 Å². The van der Waals surface area contributed by atoms with Crippen molar-refractivity contribution >= 4 is 19.8 Å². The van der Waals surface area contributed by atoms with Gasteiger partial charge in [0.1, 0.15) is 12.7 Å². The van der Waals surface area contributed by atoms with Crippen molar-refractivity contribution in [1.29, 1.82) is 0 Å². The Balaban J connectivity index is 4.36. The third-order valence-electron chi connectivity index (χ3n) is 8.96. The first-order valence-electron chi connectivity index (χ1n) is 21.6. The first-order valence-corrected chi connectivity index (χ1v) is 23.1. The van der Waals surface area contributed by atoms with Crippen molar-refractivity contribution < 1.29 is 47.8 Å². The van der Waals surface area contributed by atoms with Crippen molar-refractivity contribution in [3.05, 3.63) is 48.6 Å². The zero-order chi connectivity index (χ0) is 40.5. The van der Waals surface area contributed by atoms with Gasteiger partial charge in [-0.25, -0.2) is 4.57 Å². The highest BCUT2D eigenvalue weighted by Gasteiger charge is 2.27. The van der Waals surface area contributed by atoms with Crippen LogP contribution in [-0.4, -0.2) is 65.7 Å². The summed E-state index contributed by atoms with van der Waals surface area (Å²) in [7, 11) is -4.63. The Hall–Kier alpha value is -2.07. The number of rotatable bonds is 40. The molecule has 55 heavy (non-hydrogen) atoms. The van der Waals surface area contributed by atoms with E-state index in [1.54, 1.807) is 0 Å². The second kappa shape index (κ2) is 40.1. The number of esters is 2. The molecule has 0 saturated heterocycles. The summed E-state index contributed by atoms with van der Waals surface area (Å²) in [6, 6.07) is 0. The van der Waals surface area contributed by atoms with Crippen molar-refractivity contribution in [2.75, 3.05) is 26.4 Å². The molecule has 320 valence electrons. The molecule has 0 aromatic carbocycles. The Labute approximate surface area is 334 Å². The maximum atomic E-state index is 12.6. The van der Waals surface area contributed by atoms with Gasteiger partial charge in [0.15, 0.2) is 6.10 Å². The zero-order valence-electron chi connectivity index (χ0n) is 34.6. The highest BCUT2D eigenvalue weighted by Crippen LogP contribution is 2.43. The lowest BCUT2D eigenvalue weighted by Crippen LogP contribution is -2.29. The summed E-state index contributed by atoms with van der Waals surface area (Å²) in [5, 5.41) is 18.3. The molecule has 0 aliphatic carbocycles. The number of unbranched alkanes of at least 4 members (excludes halogenated alkanes) is 18. The molecule has 1 unspecified atom stereocenters. The summed E-state index contributed by atoms with van der Waals surface area (Å²) in [6.07, 6.45) is 42.2. The van der Waals surface area contributed by atoms with E-state index in [2.05, 4.69) is 67.0 Å². The third kappa shape index (κ3) is 39.9. The molecule has 10 nitrogen and oxygen atoms in total. The first-order chi connectivity index (χ1) is 26.7. The maximum absolute atomic E-state index is 12.6. The van der Waals surface area contributed by atoms with Crippen LogP contribution in [0.2, 0.25) is 0 Å². The van der Waals surface area contributed by atoms with Crippen molar-refractivity contribution in [3.8, 4) is 0 Å². The monoisotopic (exact) mass is 799 g/mol. The number of carbonyl (C=O) groups excluding carboxylic acids is 2. The highest BCUT2D eigenvalue weighted by atomic mass is 31.2. The number of ether oxygens (including phenoxy) is 2. The number of aliphatic hydroxyl groups is 2. The number of phosphoric acid groups is 1. The summed E-state index contributed by atoms with van der Waals surface area (Å²) in [5.41, 5.74) is 0. The fourth-order valence-electron chi connectivity index (χ4n) is 5.58. The molecule has 11 heteroatoms. The van der Waals surface area contributed by atoms with E-state index >= 15 is 0 Å². The lowest BCUT2D eigenvalue weighted by molar-refractivity contribution is -0.161. The van der Waals surface area contributed by atoms with Gasteiger partial charge in [0.25, 0.3) is 0 Å². The normalized spacial score (nSPS) is 14.3. The molecular weight excluding hydrogens is 719 g/mol. The van der Waals surface area contributed by atoms with E-state index in [1.807, 2.05) is 0 Å². The zero-order valence-corrected chi connectivity index (χ0v) is 35.5. The van der Waals surface area contributed by atoms with Crippen molar-refractivity contribution in [2.24, 2.45) is 0 Å². The molecule has 0 aromatic rings. The van der Waals surface area contributed by atoms with Crippen LogP contribution < -0.4 is 0 Å². The van der Waals surface area contributed by atoms with Crippen LogP contribution in [0, 0.1) is 0 Å². The minimum absolute atomic E-state index is 0.134. The SMILES string of the molecule is CCCCC/C=C\C/C=C\C/C=C\CCCCC(=O)O[C@H](COC(=O)CCCCCCCCC/C=C\CCCCCCCC)COP(=O)(O)OC[C@@H](O)CO. The van der Waals surface area contributed by atoms with E-state index in [0.717, 1.165) is 57.8 Å². The average Bonchev–Trinajstić information content (AvgIpc) is 3.17. The van der Waals surface area contributed by atoms with Gasteiger partial charge >= 0.3 is 19.8 Å². The Kier molecular flexibility index (Phi) is 38.6. The predicted octanol–water partition coefficient (Wildman–Crippen LogP) is 11.3. The number of hydrogen-bond donors (Lipinski definition) is 3. The Bertz CT molecular complexity index is 1060. The fraction of sp³-hybridized carbons (Fsp3) is 0.773. The Morgan fingerprint density at radius 1 is 0.545 bits per heavy atom. The number of aliphatic hydroxyl groups excluding tert-OH is 2. The molecule has 0 heterocycles. The lowest BCUT2D eigenvalue weighted by atomic mass is 10.1. The lowest BCUT2D eigenvalue weighted by Gasteiger charge is -2.20. The van der Waals surface area contributed by atoms with E-state index < -0.39 is 51.8 Å². The molecule has 3 N–H and O–H groups in total. The van der Waals surface area contributed by atoms with Gasteiger partial charge in [-0.2, -0.15) is 0 Å². The first kappa shape index (κ1) is 52.9. The van der Waals surface area contributed by atoms with Gasteiger partial charge in [0.05, 0.1) is 19.8 Å². The predicted molar refractivity (Wildman–Crippen MR) is 224 cm³/mol. The van der Waals surface area contributed by atoms with Gasteiger partial charge in [-0.15, -0.1) is 0 Å². The van der Waals surface area contributed by atoms with E-state index in [9.17, 15) is 24.2 Å². The molecule has 0 aromatic heterocycles. The number of hydrogen-bond acceptors (Lipinski definition) is 9. The molecule has 0 saturated carbocycles. The summed E-state index contributed by atoms with van der Waals surface area (Å²) in [6.45, 7) is 2.29. The second-order valence-corrected chi connectivity index (χ2v) is 15.8. The van der Waals surface area contributed by atoms with Crippen molar-refractivity contribution in [2.45, 2.75) is 193 Å². The molecule has 0 bridgehead atoms. The standard InChI is InChI=1S/C44H79O10P/c1-3-5-7-9-11-13-15-17-19-20-22-23-25-27-29-31-33-35-43(47)51-39-42(40-53-55(49,50)52-38-41(46)37-45)54-44(48)36-34-32-30-28-26-24-21-18-16-14-12-10-8-6-4-2/h12,14,17-19,21,26,28,41-42,45-46H,3-11,13,15-16,20,22-25,27,29-40H2,1-2H3,(H,49,50)/b14-12-,19-17-,21-18-,28-26-/t41-,42+/m0/s1. The Morgan fingerprint density at radius 3 is 1.51 bits per heavy atom. The van der Waals surface area contributed by atoms with Gasteiger partial charge < -0.3 is 24.6 Å². The molecule has 0 aliphatic rings. The van der Waals surface area contributed by atoms with E-state index in [1.165, 1.54) is 83.5 Å². The minimum atomic E-state index is -4.63. The summed E-state index contributed by atoms with van der Waals surface area (Å²) in [5.74, 6) is -0.975. The molecule has 0 amide bonds. The van der Waals surface area contributed by atoms with Gasteiger partial charge in [0.2, 0.25) is 0 Å². The average molecular weight is 799 g/mol. The largest absolute Gasteiger partial charge is 0.472 e. The molecular formula is C44H79O10P. The van der Waals surface area contributed by atoms with Gasteiger partial charge in [-0.3, -0.25) is 18.6 Å². The molecule has 3 atom stereocenters. The topological polar surface area (TPSA) is 149 Å². The van der Waals surface area contributed by atoms with E-state index in [-0.39, 0.29) is 19.4 Å². The molecule has 0 aliphatic heterocycles. The summed E-state index contributed by atoms with van der Waals surface area (Å²) < 4.78 is 32.6. The number of phosphoric ester groups is 1. The quantitative estimate of drug-likeness (QED) is 0.0237. The summed E-state index contributed by atoms with van der Waals surface area (Å²) in [4.78, 5) is 34.9. The fourth-order valence-corrected chi connectivity index (χ4v) is 6.37. The van der Waals surface area contributed by atoms with Crippen LogP contribution in [0.25, 0.3) is 0 Å². The van der Waals surface area contributed by atoms with Crippen LogP contribution in [0.4, 0.5) is 0 Å².